The molecule has 28 heavy (non-hydrogen) atoms. The van der Waals surface area contributed by atoms with Gasteiger partial charge in [-0.2, -0.15) is 18.4 Å². The maximum absolute atomic E-state index is 12.5. The Morgan fingerprint density at radius 1 is 1.07 bits per heavy atom. The second kappa shape index (κ2) is 7.99. The van der Waals surface area contributed by atoms with Crippen molar-refractivity contribution in [1.29, 1.82) is 0 Å². The van der Waals surface area contributed by atoms with Crippen molar-refractivity contribution in [3.8, 4) is 0 Å². The van der Waals surface area contributed by atoms with Gasteiger partial charge >= 0.3 is 0 Å². The van der Waals surface area contributed by atoms with Crippen LogP contribution in [0.15, 0.2) is 68.3 Å². The van der Waals surface area contributed by atoms with Crippen molar-refractivity contribution in [2.75, 3.05) is 14.1 Å². The molecule has 2 aromatic heterocycles. The maximum Gasteiger partial charge on any atom is 0.289 e. The monoisotopic (exact) mass is 417 g/mol. The summed E-state index contributed by atoms with van der Waals surface area (Å²) in [6, 6.07) is 13.2. The number of thiophene rings is 1. The molecule has 0 aliphatic carbocycles. The molecule has 9 heteroatoms. The number of rotatable bonds is 6. The van der Waals surface area contributed by atoms with Gasteiger partial charge in [-0.05, 0) is 42.6 Å². The van der Waals surface area contributed by atoms with E-state index in [0.29, 0.717) is 16.3 Å². The fourth-order valence-corrected chi connectivity index (χ4v) is 3.85. The molecule has 0 saturated heterocycles. The van der Waals surface area contributed by atoms with Crippen molar-refractivity contribution in [3.63, 3.8) is 0 Å². The Morgan fingerprint density at radius 3 is 2.36 bits per heavy atom. The van der Waals surface area contributed by atoms with E-state index in [9.17, 15) is 13.2 Å². The first-order valence-electron chi connectivity index (χ1n) is 8.30. The molecule has 0 aliphatic rings. The number of furan rings is 1. The Labute approximate surface area is 167 Å². The van der Waals surface area contributed by atoms with Gasteiger partial charge in [0.15, 0.2) is 11.5 Å². The van der Waals surface area contributed by atoms with Crippen LogP contribution in [0.4, 0.5) is 0 Å². The highest BCUT2D eigenvalue weighted by atomic mass is 32.2. The summed E-state index contributed by atoms with van der Waals surface area (Å²) in [6.45, 7) is 1.88. The van der Waals surface area contributed by atoms with Crippen molar-refractivity contribution in [2.24, 2.45) is 5.10 Å². The first kappa shape index (κ1) is 19.8. The number of hydrogen-bond acceptors (Lipinski definition) is 6. The lowest BCUT2D eigenvalue weighted by molar-refractivity contribution is 0.0796. The van der Waals surface area contributed by atoms with Crippen LogP contribution in [0.25, 0.3) is 0 Å². The highest BCUT2D eigenvalue weighted by molar-refractivity contribution is 7.89. The molecule has 0 radical (unpaired) electrons. The van der Waals surface area contributed by atoms with E-state index in [0.717, 1.165) is 5.56 Å². The van der Waals surface area contributed by atoms with E-state index in [4.69, 9.17) is 4.42 Å². The molecular formula is C19H19N3O4S2. The van der Waals surface area contributed by atoms with Gasteiger partial charge in [0.1, 0.15) is 5.71 Å². The largest absolute Gasteiger partial charge is 0.449 e. The van der Waals surface area contributed by atoms with Gasteiger partial charge in [0.05, 0.1) is 9.77 Å². The number of nitrogens with one attached hydrogen (secondary N) is 1. The highest BCUT2D eigenvalue weighted by Crippen LogP contribution is 2.19. The number of hydrazone groups is 1. The van der Waals surface area contributed by atoms with E-state index in [-0.39, 0.29) is 16.6 Å². The van der Waals surface area contributed by atoms with E-state index in [1.54, 1.807) is 38.4 Å². The Balaban J connectivity index is 1.95. The first-order chi connectivity index (χ1) is 13.3. The average Bonchev–Trinajstić information content (AvgIpc) is 3.34. The smallest absolute Gasteiger partial charge is 0.289 e. The molecular weight excluding hydrogens is 398 g/mol. The van der Waals surface area contributed by atoms with Crippen molar-refractivity contribution >= 4 is 33.0 Å². The summed E-state index contributed by atoms with van der Waals surface area (Å²) >= 11 is 1.38. The lowest BCUT2D eigenvalue weighted by atomic mass is 10.2. The number of hydrogen-bond donors (Lipinski definition) is 1. The van der Waals surface area contributed by atoms with Crippen LogP contribution in [0.5, 0.6) is 0 Å². The molecule has 3 aromatic rings. The summed E-state index contributed by atoms with van der Waals surface area (Å²) in [5.74, 6) is 0.141. The molecule has 2 heterocycles. The molecule has 3 rings (SSSR count). The van der Waals surface area contributed by atoms with Gasteiger partial charge in [-0.3, -0.25) is 4.79 Å². The Kier molecular flexibility index (Phi) is 5.66. The molecule has 0 atom stereocenters. The van der Waals surface area contributed by atoms with Gasteiger partial charge in [-0.1, -0.05) is 23.8 Å². The van der Waals surface area contributed by atoms with Crippen LogP contribution in [-0.4, -0.2) is 39.0 Å². The first-order valence-corrected chi connectivity index (χ1v) is 10.7. The summed E-state index contributed by atoms with van der Waals surface area (Å²) in [4.78, 5) is 16.5. The van der Waals surface area contributed by atoms with E-state index < -0.39 is 10.0 Å². The van der Waals surface area contributed by atoms with Gasteiger partial charge in [0, 0.05) is 14.1 Å². The fourth-order valence-electron chi connectivity index (χ4n) is 2.32. The summed E-state index contributed by atoms with van der Waals surface area (Å²) in [5.41, 5.74) is 1.25. The third-order valence-corrected chi connectivity index (χ3v) is 5.92. The van der Waals surface area contributed by atoms with Gasteiger partial charge in [0.25, 0.3) is 15.9 Å². The second-order valence-corrected chi connectivity index (χ2v) is 8.82. The second-order valence-electron chi connectivity index (χ2n) is 6.21. The van der Waals surface area contributed by atoms with E-state index >= 15 is 0 Å². The van der Waals surface area contributed by atoms with Crippen LogP contribution in [0.3, 0.4) is 0 Å². The Hall–Kier alpha value is -2.91. The average molecular weight is 418 g/mol. The lowest BCUT2D eigenvalue weighted by Gasteiger charge is -2.08. The van der Waals surface area contributed by atoms with Crippen molar-refractivity contribution in [1.82, 2.24) is 9.73 Å². The minimum absolute atomic E-state index is 0.107. The van der Waals surface area contributed by atoms with Crippen LogP contribution in [0.2, 0.25) is 0 Å². The van der Waals surface area contributed by atoms with Crippen LogP contribution >= 0.6 is 11.3 Å². The normalized spacial score (nSPS) is 12.0. The third kappa shape index (κ3) is 4.32. The summed E-state index contributed by atoms with van der Waals surface area (Å²) in [6.07, 6.45) is 0. The van der Waals surface area contributed by atoms with Gasteiger partial charge in [-0.25, -0.2) is 0 Å². The molecule has 0 fully saturated rings. The van der Waals surface area contributed by atoms with Crippen LogP contribution in [-0.2, 0) is 10.0 Å². The fraction of sp³-hybridized carbons (Fsp3) is 0.158. The third-order valence-electron chi connectivity index (χ3n) is 3.82. The van der Waals surface area contributed by atoms with E-state index in [1.165, 1.54) is 34.4 Å². The number of carbonyl (C=O) groups is 1. The highest BCUT2D eigenvalue weighted by Gasteiger charge is 2.19. The summed E-state index contributed by atoms with van der Waals surface area (Å²) in [7, 11) is -0.605. The topological polar surface area (TPSA) is 92.0 Å². The molecule has 0 spiro atoms. The molecule has 1 aromatic carbocycles. The molecule has 0 unspecified atom stereocenters. The predicted molar refractivity (Wildman–Crippen MR) is 108 cm³/mol. The van der Waals surface area contributed by atoms with E-state index in [2.05, 4.69) is 9.93 Å². The molecule has 146 valence electrons. The zero-order valence-corrected chi connectivity index (χ0v) is 17.2. The van der Waals surface area contributed by atoms with Crippen LogP contribution in [0.1, 0.15) is 26.8 Å². The Morgan fingerprint density at radius 2 is 1.75 bits per heavy atom. The van der Waals surface area contributed by atoms with Gasteiger partial charge in [0.2, 0.25) is 0 Å². The van der Waals surface area contributed by atoms with Crippen molar-refractivity contribution in [3.05, 3.63) is 75.9 Å². The molecule has 0 saturated carbocycles. The number of carbonyl (C=O) groups excluding carboxylic acids is 1. The van der Waals surface area contributed by atoms with Crippen molar-refractivity contribution < 1.29 is 17.6 Å². The molecule has 1 N–H and O–H groups in total. The predicted octanol–water partition coefficient (Wildman–Crippen LogP) is 3.08. The van der Waals surface area contributed by atoms with Crippen molar-refractivity contribution in [2.45, 2.75) is 11.8 Å². The zero-order valence-electron chi connectivity index (χ0n) is 15.5. The van der Waals surface area contributed by atoms with E-state index in [1.807, 2.05) is 18.4 Å². The molecule has 0 aliphatic heterocycles. The van der Waals surface area contributed by atoms with Crippen LogP contribution in [0, 0.1) is 6.92 Å². The Bertz CT molecular complexity index is 1100. The quantitative estimate of drug-likeness (QED) is 0.493. The summed E-state index contributed by atoms with van der Waals surface area (Å²) < 4.78 is 30.7. The van der Waals surface area contributed by atoms with Gasteiger partial charge < -0.3 is 9.32 Å². The lowest BCUT2D eigenvalue weighted by Crippen LogP contribution is -2.21. The number of aryl methyl sites for hydroxylation is 1. The SMILES string of the molecule is Cc1ccc(S(=O)(=O)N/N=C(/c2ccc(C(=O)N(C)C)o2)c2cccs2)cc1. The van der Waals surface area contributed by atoms with Crippen LogP contribution < -0.4 is 4.83 Å². The minimum Gasteiger partial charge on any atom is -0.449 e. The number of benzene rings is 1. The van der Waals surface area contributed by atoms with Gasteiger partial charge in [-0.15, -0.1) is 11.3 Å². The summed E-state index contributed by atoms with van der Waals surface area (Å²) in [5, 5.41) is 5.94. The number of nitrogens with zero attached hydrogens (tertiary/aromatic N) is 2. The zero-order chi connectivity index (χ0) is 20.3. The molecule has 0 bridgehead atoms. The molecule has 7 nitrogen and oxygen atoms in total. The standard InChI is InChI=1S/C19H19N3O4S2/c1-13-6-8-14(9-7-13)28(24,25)21-20-18(17-5-4-12-27-17)15-10-11-16(26-15)19(23)22(2)3/h4-12,21H,1-3H3/b20-18-. The maximum atomic E-state index is 12.5. The minimum atomic E-state index is -3.84. The number of sulfonamides is 1. The number of amides is 1. The molecule has 1 amide bonds.